The van der Waals surface area contributed by atoms with Gasteiger partial charge in [-0.1, -0.05) is 11.8 Å². The quantitative estimate of drug-likeness (QED) is 0.815. The van der Waals surface area contributed by atoms with E-state index in [2.05, 4.69) is 15.2 Å². The molecule has 0 aliphatic carbocycles. The Kier molecular flexibility index (Phi) is 3.92. The van der Waals surface area contributed by atoms with Gasteiger partial charge in [0.1, 0.15) is 10.8 Å². The molecular formula is C9H13N5S2. The first-order chi connectivity index (χ1) is 7.81. The summed E-state index contributed by atoms with van der Waals surface area (Å²) in [5.74, 6) is 1.74. The molecule has 5 nitrogen and oxygen atoms in total. The summed E-state index contributed by atoms with van der Waals surface area (Å²) in [4.78, 5) is 4.23. The average molecular weight is 255 g/mol. The van der Waals surface area contributed by atoms with Gasteiger partial charge in [0.25, 0.3) is 0 Å². The minimum Gasteiger partial charge on any atom is -0.329 e. The molecule has 0 aromatic carbocycles. The highest BCUT2D eigenvalue weighted by molar-refractivity contribution is 7.98. The van der Waals surface area contributed by atoms with Crippen molar-refractivity contribution >= 4 is 23.1 Å². The van der Waals surface area contributed by atoms with Crippen LogP contribution >= 0.6 is 23.1 Å². The second-order valence-corrected chi connectivity index (χ2v) is 5.11. The van der Waals surface area contributed by atoms with Gasteiger partial charge in [-0.3, -0.25) is 0 Å². The van der Waals surface area contributed by atoms with Gasteiger partial charge in [0.05, 0.1) is 5.75 Å². The van der Waals surface area contributed by atoms with Crippen molar-refractivity contribution in [3.05, 3.63) is 22.4 Å². The smallest absolute Gasteiger partial charge is 0.191 e. The van der Waals surface area contributed by atoms with Crippen LogP contribution in [0, 0.1) is 6.92 Å². The Balaban J connectivity index is 2.03. The zero-order chi connectivity index (χ0) is 11.4. The third-order valence-corrected chi connectivity index (χ3v) is 4.00. The van der Waals surface area contributed by atoms with E-state index in [-0.39, 0.29) is 0 Å². The predicted octanol–water partition coefficient (Wildman–Crippen LogP) is 1.29. The number of aryl methyl sites for hydroxylation is 1. The van der Waals surface area contributed by atoms with Crippen molar-refractivity contribution in [2.75, 3.05) is 6.54 Å². The summed E-state index contributed by atoms with van der Waals surface area (Å²) >= 11 is 3.30. The highest BCUT2D eigenvalue weighted by Gasteiger charge is 2.09. The predicted molar refractivity (Wildman–Crippen MR) is 65.5 cm³/mol. The van der Waals surface area contributed by atoms with Crippen LogP contribution in [0.1, 0.15) is 10.8 Å². The van der Waals surface area contributed by atoms with Gasteiger partial charge < -0.3 is 10.3 Å². The SMILES string of the molecule is Cc1nnc(SCc2nccs2)n1CCN. The molecule has 0 aliphatic rings. The Morgan fingerprint density at radius 2 is 2.38 bits per heavy atom. The largest absolute Gasteiger partial charge is 0.329 e. The summed E-state index contributed by atoms with van der Waals surface area (Å²) in [5.41, 5.74) is 5.55. The molecular weight excluding hydrogens is 242 g/mol. The third kappa shape index (κ3) is 2.60. The van der Waals surface area contributed by atoms with Gasteiger partial charge in [-0.15, -0.1) is 21.5 Å². The standard InChI is InChI=1S/C9H13N5S2/c1-7-12-13-9(14(7)4-2-10)16-6-8-11-3-5-15-8/h3,5H,2,4,6,10H2,1H3. The van der Waals surface area contributed by atoms with Crippen LogP contribution in [0.2, 0.25) is 0 Å². The van der Waals surface area contributed by atoms with Gasteiger partial charge in [-0.05, 0) is 6.92 Å². The number of thiazole rings is 1. The lowest BCUT2D eigenvalue weighted by molar-refractivity contribution is 0.627. The van der Waals surface area contributed by atoms with E-state index in [1.165, 1.54) is 0 Å². The molecule has 0 spiro atoms. The fraction of sp³-hybridized carbons (Fsp3) is 0.444. The molecule has 7 heteroatoms. The van der Waals surface area contributed by atoms with Crippen molar-refractivity contribution in [1.29, 1.82) is 0 Å². The van der Waals surface area contributed by atoms with Crippen molar-refractivity contribution in [2.24, 2.45) is 5.73 Å². The molecule has 0 amide bonds. The van der Waals surface area contributed by atoms with E-state index in [0.717, 1.165) is 28.3 Å². The molecule has 0 saturated carbocycles. The first-order valence-electron chi connectivity index (χ1n) is 4.92. The number of hydrogen-bond acceptors (Lipinski definition) is 6. The zero-order valence-electron chi connectivity index (χ0n) is 8.96. The van der Waals surface area contributed by atoms with E-state index in [1.54, 1.807) is 23.1 Å². The summed E-state index contributed by atoms with van der Waals surface area (Å²) in [6.45, 7) is 3.30. The fourth-order valence-electron chi connectivity index (χ4n) is 1.31. The highest BCUT2D eigenvalue weighted by Crippen LogP contribution is 2.22. The van der Waals surface area contributed by atoms with Crippen LogP contribution in [-0.2, 0) is 12.3 Å². The molecule has 2 heterocycles. The molecule has 0 fully saturated rings. The molecule has 2 aromatic heterocycles. The minimum absolute atomic E-state index is 0.601. The lowest BCUT2D eigenvalue weighted by Gasteiger charge is -2.05. The topological polar surface area (TPSA) is 69.6 Å². The number of hydrogen-bond donors (Lipinski definition) is 1. The molecule has 0 atom stereocenters. The van der Waals surface area contributed by atoms with E-state index >= 15 is 0 Å². The molecule has 0 unspecified atom stereocenters. The third-order valence-electron chi connectivity index (χ3n) is 2.06. The molecule has 0 bridgehead atoms. The van der Waals surface area contributed by atoms with Crippen molar-refractivity contribution < 1.29 is 0 Å². The maximum absolute atomic E-state index is 5.55. The van der Waals surface area contributed by atoms with E-state index in [1.807, 2.05) is 23.1 Å². The van der Waals surface area contributed by atoms with Crippen LogP contribution in [-0.4, -0.2) is 26.3 Å². The van der Waals surface area contributed by atoms with Crippen LogP contribution in [0.4, 0.5) is 0 Å². The highest BCUT2D eigenvalue weighted by atomic mass is 32.2. The maximum Gasteiger partial charge on any atom is 0.191 e. The van der Waals surface area contributed by atoms with Crippen molar-refractivity contribution in [1.82, 2.24) is 19.7 Å². The molecule has 2 rings (SSSR count). The summed E-state index contributed by atoms with van der Waals surface area (Å²) in [7, 11) is 0. The number of nitrogens with zero attached hydrogens (tertiary/aromatic N) is 4. The van der Waals surface area contributed by atoms with Crippen molar-refractivity contribution in [3.8, 4) is 0 Å². The van der Waals surface area contributed by atoms with Gasteiger partial charge in [-0.25, -0.2) is 4.98 Å². The van der Waals surface area contributed by atoms with Gasteiger partial charge in [-0.2, -0.15) is 0 Å². The normalized spacial score (nSPS) is 10.9. The maximum atomic E-state index is 5.55. The lowest BCUT2D eigenvalue weighted by Crippen LogP contribution is -2.12. The second-order valence-electron chi connectivity index (χ2n) is 3.18. The summed E-state index contributed by atoms with van der Waals surface area (Å²) in [6.07, 6.45) is 1.82. The first-order valence-corrected chi connectivity index (χ1v) is 6.79. The second kappa shape index (κ2) is 5.42. The molecule has 2 aromatic rings. The summed E-state index contributed by atoms with van der Waals surface area (Å²) < 4.78 is 2.04. The number of aromatic nitrogens is 4. The van der Waals surface area contributed by atoms with Gasteiger partial charge in [0, 0.05) is 24.7 Å². The Hall–Kier alpha value is -0.920. The molecule has 86 valence electrons. The number of thioether (sulfide) groups is 1. The van der Waals surface area contributed by atoms with Crippen LogP contribution in [0.25, 0.3) is 0 Å². The Labute approximate surface area is 102 Å². The molecule has 0 radical (unpaired) electrons. The lowest BCUT2D eigenvalue weighted by atomic mass is 10.6. The van der Waals surface area contributed by atoms with E-state index in [4.69, 9.17) is 5.73 Å². The Morgan fingerprint density at radius 1 is 1.50 bits per heavy atom. The summed E-state index contributed by atoms with van der Waals surface area (Å²) in [5, 5.41) is 12.2. The van der Waals surface area contributed by atoms with E-state index in [9.17, 15) is 0 Å². The van der Waals surface area contributed by atoms with Crippen molar-refractivity contribution in [3.63, 3.8) is 0 Å². The van der Waals surface area contributed by atoms with Crippen LogP contribution in [0.3, 0.4) is 0 Å². The zero-order valence-corrected chi connectivity index (χ0v) is 10.6. The van der Waals surface area contributed by atoms with E-state index < -0.39 is 0 Å². The van der Waals surface area contributed by atoms with Crippen LogP contribution < -0.4 is 5.73 Å². The average Bonchev–Trinajstić information content (AvgIpc) is 2.89. The molecule has 2 N–H and O–H groups in total. The van der Waals surface area contributed by atoms with Gasteiger partial charge in [0.15, 0.2) is 5.16 Å². The minimum atomic E-state index is 0.601. The fourth-order valence-corrected chi connectivity index (χ4v) is 2.96. The van der Waals surface area contributed by atoms with Gasteiger partial charge in [0.2, 0.25) is 0 Å². The molecule has 0 saturated heterocycles. The Bertz CT molecular complexity index is 437. The number of nitrogens with two attached hydrogens (primary N) is 1. The summed E-state index contributed by atoms with van der Waals surface area (Å²) in [6, 6.07) is 0. The molecule has 0 aliphatic heterocycles. The van der Waals surface area contributed by atoms with Crippen LogP contribution in [0.5, 0.6) is 0 Å². The van der Waals surface area contributed by atoms with Gasteiger partial charge >= 0.3 is 0 Å². The first kappa shape index (κ1) is 11.6. The number of rotatable bonds is 5. The Morgan fingerprint density at radius 3 is 3.06 bits per heavy atom. The van der Waals surface area contributed by atoms with Crippen molar-refractivity contribution in [2.45, 2.75) is 24.4 Å². The van der Waals surface area contributed by atoms with Crippen LogP contribution in [0.15, 0.2) is 16.7 Å². The monoisotopic (exact) mass is 255 g/mol. The van der Waals surface area contributed by atoms with E-state index in [0.29, 0.717) is 6.54 Å². The molecule has 16 heavy (non-hydrogen) atoms.